The fourth-order valence-corrected chi connectivity index (χ4v) is 2.74. The van der Waals surface area contributed by atoms with E-state index in [9.17, 15) is 4.79 Å². The van der Waals surface area contributed by atoms with Gasteiger partial charge in [0.05, 0.1) is 11.6 Å². The molecule has 116 valence electrons. The number of hydrogen-bond acceptors (Lipinski definition) is 4. The molecule has 0 aliphatic carbocycles. The van der Waals surface area contributed by atoms with Gasteiger partial charge in [0.15, 0.2) is 0 Å². The highest BCUT2D eigenvalue weighted by Crippen LogP contribution is 2.31. The Morgan fingerprint density at radius 3 is 2.50 bits per heavy atom. The van der Waals surface area contributed by atoms with Crippen LogP contribution < -0.4 is 5.73 Å². The standard InChI is InChI=1S/C15H28N2O2S/c1-3-19-13(18)7-5-4-6-10-17-11-8-15(2,9-12-17)14(16)20/h3-12H2,1-2H3,(H2,16,20). The van der Waals surface area contributed by atoms with Crippen molar-refractivity contribution in [3.05, 3.63) is 0 Å². The normalized spacial score (nSPS) is 18.7. The molecule has 0 aromatic rings. The fourth-order valence-electron chi connectivity index (χ4n) is 2.53. The summed E-state index contributed by atoms with van der Waals surface area (Å²) >= 11 is 5.15. The molecule has 0 spiro atoms. The summed E-state index contributed by atoms with van der Waals surface area (Å²) in [5, 5.41) is 0. The molecule has 0 aromatic carbocycles. The van der Waals surface area contributed by atoms with E-state index in [0.717, 1.165) is 51.7 Å². The van der Waals surface area contributed by atoms with Crippen LogP contribution in [0.25, 0.3) is 0 Å². The van der Waals surface area contributed by atoms with Crippen molar-refractivity contribution in [1.29, 1.82) is 0 Å². The minimum absolute atomic E-state index is 0.0513. The van der Waals surface area contributed by atoms with Crippen LogP contribution in [-0.4, -0.2) is 42.1 Å². The van der Waals surface area contributed by atoms with Crippen molar-refractivity contribution in [1.82, 2.24) is 4.90 Å². The number of hydrogen-bond donors (Lipinski definition) is 1. The van der Waals surface area contributed by atoms with Gasteiger partial charge in [-0.2, -0.15) is 0 Å². The smallest absolute Gasteiger partial charge is 0.305 e. The van der Waals surface area contributed by atoms with Crippen molar-refractivity contribution >= 4 is 23.2 Å². The summed E-state index contributed by atoms with van der Waals surface area (Å²) in [6.07, 6.45) is 5.83. The highest BCUT2D eigenvalue weighted by molar-refractivity contribution is 7.80. The maximum Gasteiger partial charge on any atom is 0.305 e. The lowest BCUT2D eigenvalue weighted by molar-refractivity contribution is -0.143. The molecule has 0 saturated carbocycles. The molecule has 4 nitrogen and oxygen atoms in total. The summed E-state index contributed by atoms with van der Waals surface area (Å²) in [7, 11) is 0. The van der Waals surface area contributed by atoms with Gasteiger partial charge in [0, 0.05) is 11.8 Å². The fraction of sp³-hybridized carbons (Fsp3) is 0.867. The lowest BCUT2D eigenvalue weighted by Crippen LogP contribution is -2.44. The molecule has 1 saturated heterocycles. The van der Waals surface area contributed by atoms with Crippen LogP contribution >= 0.6 is 12.2 Å². The Morgan fingerprint density at radius 1 is 1.30 bits per heavy atom. The quantitative estimate of drug-likeness (QED) is 0.424. The van der Waals surface area contributed by atoms with E-state index in [1.807, 2.05) is 6.92 Å². The molecule has 0 bridgehead atoms. The molecular weight excluding hydrogens is 272 g/mol. The Labute approximate surface area is 128 Å². The molecule has 2 N–H and O–H groups in total. The van der Waals surface area contributed by atoms with Gasteiger partial charge in [-0.05, 0) is 52.2 Å². The summed E-state index contributed by atoms with van der Waals surface area (Å²) in [5.41, 5.74) is 5.86. The maximum absolute atomic E-state index is 11.2. The van der Waals surface area contributed by atoms with Crippen LogP contribution in [0.5, 0.6) is 0 Å². The lowest BCUT2D eigenvalue weighted by Gasteiger charge is -2.38. The molecule has 0 radical (unpaired) electrons. The topological polar surface area (TPSA) is 55.6 Å². The van der Waals surface area contributed by atoms with Crippen molar-refractivity contribution < 1.29 is 9.53 Å². The summed E-state index contributed by atoms with van der Waals surface area (Å²) in [6.45, 7) is 7.75. The highest BCUT2D eigenvalue weighted by atomic mass is 32.1. The van der Waals surface area contributed by atoms with Crippen molar-refractivity contribution in [2.75, 3.05) is 26.2 Å². The SMILES string of the molecule is CCOC(=O)CCCCCN1CCC(C)(C(N)=S)CC1. The van der Waals surface area contributed by atoms with Crippen LogP contribution in [0.1, 0.15) is 52.4 Å². The first-order valence-electron chi connectivity index (χ1n) is 7.66. The lowest BCUT2D eigenvalue weighted by atomic mass is 9.80. The van der Waals surface area contributed by atoms with E-state index in [4.69, 9.17) is 22.7 Å². The third kappa shape index (κ3) is 5.75. The average molecular weight is 300 g/mol. The molecular formula is C15H28N2O2S. The van der Waals surface area contributed by atoms with Crippen LogP contribution in [0.4, 0.5) is 0 Å². The second-order valence-corrected chi connectivity index (χ2v) is 6.32. The summed E-state index contributed by atoms with van der Waals surface area (Å²) in [4.78, 5) is 14.3. The van der Waals surface area contributed by atoms with Gasteiger partial charge in [-0.1, -0.05) is 25.6 Å². The van der Waals surface area contributed by atoms with Crippen LogP contribution in [0.3, 0.4) is 0 Å². The van der Waals surface area contributed by atoms with Crippen LogP contribution in [-0.2, 0) is 9.53 Å². The van der Waals surface area contributed by atoms with Gasteiger partial charge in [-0.15, -0.1) is 0 Å². The maximum atomic E-state index is 11.2. The number of ether oxygens (including phenoxy) is 1. The summed E-state index contributed by atoms with van der Waals surface area (Å²) in [5.74, 6) is -0.0716. The van der Waals surface area contributed by atoms with Crippen LogP contribution in [0.15, 0.2) is 0 Å². The molecule has 1 rings (SSSR count). The number of likely N-dealkylation sites (tertiary alicyclic amines) is 1. The molecule has 1 fully saturated rings. The number of rotatable bonds is 8. The third-order valence-corrected chi connectivity index (χ3v) is 4.71. The van der Waals surface area contributed by atoms with Gasteiger partial charge in [0.25, 0.3) is 0 Å². The molecule has 0 unspecified atom stereocenters. The number of esters is 1. The monoisotopic (exact) mass is 300 g/mol. The molecule has 1 aliphatic rings. The highest BCUT2D eigenvalue weighted by Gasteiger charge is 2.32. The van der Waals surface area contributed by atoms with Gasteiger partial charge >= 0.3 is 5.97 Å². The number of carbonyl (C=O) groups excluding carboxylic acids is 1. The Morgan fingerprint density at radius 2 is 1.95 bits per heavy atom. The first kappa shape index (κ1) is 17.4. The average Bonchev–Trinajstić information content (AvgIpc) is 2.41. The Hall–Kier alpha value is -0.680. The van der Waals surface area contributed by atoms with E-state index < -0.39 is 0 Å². The van der Waals surface area contributed by atoms with Crippen molar-refractivity contribution in [2.24, 2.45) is 11.1 Å². The number of unbranched alkanes of at least 4 members (excludes halogenated alkanes) is 2. The minimum atomic E-state index is -0.0716. The molecule has 20 heavy (non-hydrogen) atoms. The predicted molar refractivity (Wildman–Crippen MR) is 85.7 cm³/mol. The molecule has 5 heteroatoms. The van der Waals surface area contributed by atoms with Crippen molar-refractivity contribution in [3.8, 4) is 0 Å². The number of piperidine rings is 1. The van der Waals surface area contributed by atoms with Crippen LogP contribution in [0, 0.1) is 5.41 Å². The van der Waals surface area contributed by atoms with Gasteiger partial charge in [-0.3, -0.25) is 4.79 Å². The molecule has 1 heterocycles. The van der Waals surface area contributed by atoms with Crippen molar-refractivity contribution in [3.63, 3.8) is 0 Å². The largest absolute Gasteiger partial charge is 0.466 e. The summed E-state index contributed by atoms with van der Waals surface area (Å²) < 4.78 is 4.91. The van der Waals surface area contributed by atoms with Gasteiger partial charge in [0.1, 0.15) is 0 Å². The van der Waals surface area contributed by atoms with E-state index in [1.165, 1.54) is 0 Å². The molecule has 0 aromatic heterocycles. The van der Waals surface area contributed by atoms with E-state index in [0.29, 0.717) is 18.0 Å². The second kappa shape index (κ2) is 8.57. The number of nitrogens with zero attached hydrogens (tertiary/aromatic N) is 1. The Kier molecular flexibility index (Phi) is 7.45. The van der Waals surface area contributed by atoms with Gasteiger partial charge in [0.2, 0.25) is 0 Å². The number of thiocarbonyl (C=S) groups is 1. The van der Waals surface area contributed by atoms with E-state index in [2.05, 4.69) is 11.8 Å². The van der Waals surface area contributed by atoms with E-state index in [-0.39, 0.29) is 11.4 Å². The predicted octanol–water partition coefficient (Wildman–Crippen LogP) is 2.50. The first-order valence-corrected chi connectivity index (χ1v) is 8.06. The Balaban J connectivity index is 2.07. The van der Waals surface area contributed by atoms with E-state index >= 15 is 0 Å². The second-order valence-electron chi connectivity index (χ2n) is 5.88. The Bertz CT molecular complexity index is 326. The summed E-state index contributed by atoms with van der Waals surface area (Å²) in [6, 6.07) is 0. The molecule has 0 atom stereocenters. The first-order chi connectivity index (χ1) is 9.48. The van der Waals surface area contributed by atoms with Crippen LogP contribution in [0.2, 0.25) is 0 Å². The van der Waals surface area contributed by atoms with Crippen molar-refractivity contribution in [2.45, 2.75) is 52.4 Å². The number of nitrogens with two attached hydrogens (primary N) is 1. The minimum Gasteiger partial charge on any atom is -0.466 e. The number of carbonyl (C=O) groups is 1. The third-order valence-electron chi connectivity index (χ3n) is 4.22. The van der Waals surface area contributed by atoms with Gasteiger partial charge in [-0.25, -0.2) is 0 Å². The molecule has 0 amide bonds. The molecule has 1 aliphatic heterocycles. The zero-order valence-electron chi connectivity index (χ0n) is 12.8. The zero-order valence-corrected chi connectivity index (χ0v) is 13.6. The zero-order chi connectivity index (χ0) is 15.0. The van der Waals surface area contributed by atoms with Gasteiger partial charge < -0.3 is 15.4 Å². The van der Waals surface area contributed by atoms with E-state index in [1.54, 1.807) is 0 Å².